The molecule has 1 amide bonds. The summed E-state index contributed by atoms with van der Waals surface area (Å²) in [5.41, 5.74) is 6.30. The lowest BCUT2D eigenvalue weighted by Gasteiger charge is -2.27. The summed E-state index contributed by atoms with van der Waals surface area (Å²) in [7, 11) is 1.73. The van der Waals surface area contributed by atoms with Crippen LogP contribution >= 0.6 is 0 Å². The third kappa shape index (κ3) is 1.83. The molecular formula is C13H18N2O. The van der Waals surface area contributed by atoms with Gasteiger partial charge < -0.3 is 0 Å². The highest BCUT2D eigenvalue weighted by Gasteiger charge is 2.42. The van der Waals surface area contributed by atoms with E-state index in [0.717, 1.165) is 31.2 Å². The van der Waals surface area contributed by atoms with Crippen molar-refractivity contribution in [3.8, 4) is 0 Å². The third-order valence-corrected chi connectivity index (χ3v) is 3.46. The molecule has 2 N–H and O–H groups in total. The summed E-state index contributed by atoms with van der Waals surface area (Å²) in [5.74, 6) is 0.0960. The van der Waals surface area contributed by atoms with Gasteiger partial charge in [0.05, 0.1) is 5.41 Å². The summed E-state index contributed by atoms with van der Waals surface area (Å²) in [6.45, 7) is 0. The SMILES string of the molecule is CNNC(=O)C1(c2ccccc2)CCCC1. The van der Waals surface area contributed by atoms with Crippen LogP contribution in [-0.4, -0.2) is 13.0 Å². The highest BCUT2D eigenvalue weighted by Crippen LogP contribution is 2.41. The number of carbonyl (C=O) groups excluding carboxylic acids is 1. The van der Waals surface area contributed by atoms with E-state index in [1.807, 2.05) is 18.2 Å². The van der Waals surface area contributed by atoms with Crippen molar-refractivity contribution < 1.29 is 4.79 Å². The predicted octanol–water partition coefficient (Wildman–Crippen LogP) is 1.75. The van der Waals surface area contributed by atoms with Crippen molar-refractivity contribution in [3.05, 3.63) is 35.9 Å². The number of hydrogen-bond donors (Lipinski definition) is 2. The summed E-state index contributed by atoms with van der Waals surface area (Å²) < 4.78 is 0. The Morgan fingerprint density at radius 2 is 1.81 bits per heavy atom. The van der Waals surface area contributed by atoms with Crippen LogP contribution in [0.1, 0.15) is 31.2 Å². The van der Waals surface area contributed by atoms with Crippen molar-refractivity contribution in [2.75, 3.05) is 7.05 Å². The van der Waals surface area contributed by atoms with Gasteiger partial charge in [-0.2, -0.15) is 0 Å². The first kappa shape index (κ1) is 11.1. The van der Waals surface area contributed by atoms with Gasteiger partial charge in [-0.25, -0.2) is 5.43 Å². The molecule has 1 aromatic carbocycles. The molecule has 2 rings (SSSR count). The Morgan fingerprint density at radius 1 is 1.19 bits per heavy atom. The van der Waals surface area contributed by atoms with Crippen LogP contribution in [0.3, 0.4) is 0 Å². The van der Waals surface area contributed by atoms with E-state index in [1.54, 1.807) is 7.05 Å². The second-order valence-electron chi connectivity index (χ2n) is 4.36. The molecule has 86 valence electrons. The maximum atomic E-state index is 12.2. The van der Waals surface area contributed by atoms with Gasteiger partial charge in [0.1, 0.15) is 0 Å². The standard InChI is InChI=1S/C13H18N2O/c1-14-15-12(16)13(9-5-6-10-13)11-7-3-2-4-8-11/h2-4,7-8,14H,5-6,9-10H2,1H3,(H,15,16). The first-order chi connectivity index (χ1) is 7.79. The Morgan fingerprint density at radius 3 is 2.38 bits per heavy atom. The van der Waals surface area contributed by atoms with Crippen LogP contribution in [0, 0.1) is 0 Å². The molecule has 0 aromatic heterocycles. The quantitative estimate of drug-likeness (QED) is 0.759. The van der Waals surface area contributed by atoms with Crippen LogP contribution < -0.4 is 10.9 Å². The summed E-state index contributed by atoms with van der Waals surface area (Å²) in [6.07, 6.45) is 4.16. The van der Waals surface area contributed by atoms with Crippen LogP contribution in [0.15, 0.2) is 30.3 Å². The van der Waals surface area contributed by atoms with Crippen molar-refractivity contribution in [1.82, 2.24) is 10.9 Å². The molecule has 0 bridgehead atoms. The van der Waals surface area contributed by atoms with E-state index in [0.29, 0.717) is 0 Å². The Kier molecular flexibility index (Phi) is 3.25. The van der Waals surface area contributed by atoms with Crippen LogP contribution in [0.2, 0.25) is 0 Å². The third-order valence-electron chi connectivity index (χ3n) is 3.46. The first-order valence-corrected chi connectivity index (χ1v) is 5.82. The number of nitrogens with one attached hydrogen (secondary N) is 2. The molecule has 3 heteroatoms. The van der Waals surface area contributed by atoms with Gasteiger partial charge in [0.2, 0.25) is 5.91 Å². The Labute approximate surface area is 96.2 Å². The zero-order valence-corrected chi connectivity index (χ0v) is 9.62. The van der Waals surface area contributed by atoms with Gasteiger partial charge in [-0.1, -0.05) is 43.2 Å². The topological polar surface area (TPSA) is 41.1 Å². The van der Waals surface area contributed by atoms with Crippen LogP contribution in [0.25, 0.3) is 0 Å². The van der Waals surface area contributed by atoms with Crippen molar-refractivity contribution in [1.29, 1.82) is 0 Å². The molecule has 0 heterocycles. The molecule has 16 heavy (non-hydrogen) atoms. The Hall–Kier alpha value is -1.35. The minimum absolute atomic E-state index is 0.0960. The summed E-state index contributed by atoms with van der Waals surface area (Å²) >= 11 is 0. The Balaban J connectivity index is 2.32. The van der Waals surface area contributed by atoms with E-state index in [2.05, 4.69) is 23.0 Å². The fourth-order valence-electron chi connectivity index (χ4n) is 2.62. The molecule has 1 aliphatic rings. The molecule has 0 spiro atoms. The van der Waals surface area contributed by atoms with E-state index >= 15 is 0 Å². The van der Waals surface area contributed by atoms with E-state index in [1.165, 1.54) is 0 Å². The molecule has 0 aliphatic heterocycles. The maximum Gasteiger partial charge on any atom is 0.244 e. The average Bonchev–Trinajstić information content (AvgIpc) is 2.81. The van der Waals surface area contributed by atoms with Gasteiger partial charge in [-0.3, -0.25) is 10.2 Å². The molecule has 0 atom stereocenters. The van der Waals surface area contributed by atoms with Crippen molar-refractivity contribution in [2.24, 2.45) is 0 Å². The monoisotopic (exact) mass is 218 g/mol. The molecule has 1 saturated carbocycles. The molecule has 0 radical (unpaired) electrons. The van der Waals surface area contributed by atoms with Crippen LogP contribution in [-0.2, 0) is 10.2 Å². The summed E-state index contributed by atoms with van der Waals surface area (Å²) in [4.78, 5) is 12.2. The zero-order chi connectivity index (χ0) is 11.4. The fraction of sp³-hybridized carbons (Fsp3) is 0.462. The zero-order valence-electron chi connectivity index (χ0n) is 9.62. The minimum Gasteiger partial charge on any atom is -0.291 e. The molecule has 0 unspecified atom stereocenters. The van der Waals surface area contributed by atoms with Gasteiger partial charge in [0, 0.05) is 7.05 Å². The number of benzene rings is 1. The molecule has 1 aromatic rings. The number of hydrazine groups is 1. The highest BCUT2D eigenvalue weighted by atomic mass is 16.2. The van der Waals surface area contributed by atoms with E-state index in [4.69, 9.17) is 0 Å². The molecule has 1 fully saturated rings. The lowest BCUT2D eigenvalue weighted by molar-refractivity contribution is -0.127. The lowest BCUT2D eigenvalue weighted by atomic mass is 9.78. The summed E-state index contributed by atoms with van der Waals surface area (Å²) in [5, 5.41) is 0. The largest absolute Gasteiger partial charge is 0.291 e. The fourth-order valence-corrected chi connectivity index (χ4v) is 2.62. The van der Waals surface area contributed by atoms with E-state index in [9.17, 15) is 4.79 Å². The van der Waals surface area contributed by atoms with E-state index < -0.39 is 0 Å². The molecule has 0 saturated heterocycles. The van der Waals surface area contributed by atoms with Gasteiger partial charge in [-0.15, -0.1) is 0 Å². The smallest absolute Gasteiger partial charge is 0.244 e. The van der Waals surface area contributed by atoms with Crippen molar-refractivity contribution in [3.63, 3.8) is 0 Å². The number of amides is 1. The number of rotatable bonds is 3. The molecule has 1 aliphatic carbocycles. The van der Waals surface area contributed by atoms with Gasteiger partial charge in [-0.05, 0) is 18.4 Å². The van der Waals surface area contributed by atoms with Crippen LogP contribution in [0.4, 0.5) is 0 Å². The Bertz CT molecular complexity index is 355. The normalized spacial score (nSPS) is 18.3. The average molecular weight is 218 g/mol. The second kappa shape index (κ2) is 4.66. The van der Waals surface area contributed by atoms with Crippen molar-refractivity contribution >= 4 is 5.91 Å². The molecular weight excluding hydrogens is 200 g/mol. The second-order valence-corrected chi connectivity index (χ2v) is 4.36. The van der Waals surface area contributed by atoms with Gasteiger partial charge in [0.25, 0.3) is 0 Å². The van der Waals surface area contributed by atoms with Gasteiger partial charge >= 0.3 is 0 Å². The first-order valence-electron chi connectivity index (χ1n) is 5.82. The number of carbonyl (C=O) groups is 1. The lowest BCUT2D eigenvalue weighted by Crippen LogP contribution is -2.47. The predicted molar refractivity (Wildman–Crippen MR) is 63.8 cm³/mol. The maximum absolute atomic E-state index is 12.2. The number of hydrogen-bond acceptors (Lipinski definition) is 2. The van der Waals surface area contributed by atoms with Crippen molar-refractivity contribution in [2.45, 2.75) is 31.1 Å². The van der Waals surface area contributed by atoms with Crippen LogP contribution in [0.5, 0.6) is 0 Å². The van der Waals surface area contributed by atoms with Gasteiger partial charge in [0.15, 0.2) is 0 Å². The highest BCUT2D eigenvalue weighted by molar-refractivity contribution is 5.88. The summed E-state index contributed by atoms with van der Waals surface area (Å²) in [6, 6.07) is 10.1. The minimum atomic E-state index is -0.315. The van der Waals surface area contributed by atoms with E-state index in [-0.39, 0.29) is 11.3 Å². The molecule has 3 nitrogen and oxygen atoms in total.